The van der Waals surface area contributed by atoms with Crippen molar-refractivity contribution in [1.29, 1.82) is 0 Å². The summed E-state index contributed by atoms with van der Waals surface area (Å²) >= 11 is 1.45. The van der Waals surface area contributed by atoms with Gasteiger partial charge in [0.2, 0.25) is 0 Å². The van der Waals surface area contributed by atoms with Crippen LogP contribution in [0.1, 0.15) is 27.4 Å². The van der Waals surface area contributed by atoms with Gasteiger partial charge in [0, 0.05) is 19.1 Å². The van der Waals surface area contributed by atoms with Crippen molar-refractivity contribution in [2.45, 2.75) is 18.9 Å². The van der Waals surface area contributed by atoms with Gasteiger partial charge in [-0.2, -0.15) is 0 Å². The van der Waals surface area contributed by atoms with Crippen molar-refractivity contribution in [2.24, 2.45) is 5.73 Å². The van der Waals surface area contributed by atoms with E-state index in [1.807, 2.05) is 31.1 Å². The number of nitrogens with two attached hydrogens (primary N) is 1. The predicted molar refractivity (Wildman–Crippen MR) is 82.9 cm³/mol. The van der Waals surface area contributed by atoms with E-state index >= 15 is 0 Å². The van der Waals surface area contributed by atoms with Gasteiger partial charge in [-0.1, -0.05) is 11.8 Å². The van der Waals surface area contributed by atoms with Crippen molar-refractivity contribution < 1.29 is 4.79 Å². The molecule has 5 heteroatoms. The van der Waals surface area contributed by atoms with Crippen molar-refractivity contribution in [3.8, 4) is 11.8 Å². The molecule has 1 aliphatic heterocycles. The minimum absolute atomic E-state index is 0.139. The third-order valence-corrected chi connectivity index (χ3v) is 4.33. The number of likely N-dealkylation sites (N-methyl/N-ethyl adjacent to an activating group) is 1. The maximum Gasteiger partial charge on any atom is 0.264 e. The van der Waals surface area contributed by atoms with Crippen molar-refractivity contribution in [3.63, 3.8) is 0 Å². The fourth-order valence-corrected chi connectivity index (χ4v) is 3.35. The molecule has 1 aliphatic rings. The number of nitrogens with zero attached hydrogens (tertiary/aromatic N) is 2. The van der Waals surface area contributed by atoms with E-state index in [1.165, 1.54) is 11.3 Å². The van der Waals surface area contributed by atoms with E-state index < -0.39 is 0 Å². The number of likely N-dealkylation sites (tertiary alicyclic amines) is 1. The highest BCUT2D eigenvalue weighted by Crippen LogP contribution is 2.24. The lowest BCUT2D eigenvalue weighted by molar-refractivity contribution is 0.0721. The fourth-order valence-electron chi connectivity index (χ4n) is 2.51. The SMILES string of the molecule is CN(C)CC1CCCN1C(=O)c1ccc(C#CCN)s1. The Labute approximate surface area is 124 Å². The molecule has 1 fully saturated rings. The number of hydrogen-bond donors (Lipinski definition) is 1. The summed E-state index contributed by atoms with van der Waals surface area (Å²) in [6.07, 6.45) is 2.19. The number of carbonyl (C=O) groups excluding carboxylic acids is 1. The molecule has 0 saturated carbocycles. The lowest BCUT2D eigenvalue weighted by Crippen LogP contribution is -2.41. The van der Waals surface area contributed by atoms with E-state index in [2.05, 4.69) is 16.7 Å². The first-order valence-corrected chi connectivity index (χ1v) is 7.68. The quantitative estimate of drug-likeness (QED) is 0.852. The summed E-state index contributed by atoms with van der Waals surface area (Å²) in [5.74, 6) is 5.94. The highest BCUT2D eigenvalue weighted by molar-refractivity contribution is 7.14. The zero-order valence-corrected chi connectivity index (χ0v) is 12.9. The molecule has 2 N–H and O–H groups in total. The molecule has 108 valence electrons. The number of carbonyl (C=O) groups is 1. The zero-order valence-electron chi connectivity index (χ0n) is 12.1. The number of hydrogen-bond acceptors (Lipinski definition) is 4. The zero-order chi connectivity index (χ0) is 14.5. The molecule has 2 heterocycles. The second-order valence-corrected chi connectivity index (χ2v) is 6.31. The van der Waals surface area contributed by atoms with Gasteiger partial charge in [0.15, 0.2) is 0 Å². The normalized spacial score (nSPS) is 18.2. The Balaban J connectivity index is 2.08. The first-order chi connectivity index (χ1) is 9.61. The number of amides is 1. The second kappa shape index (κ2) is 6.89. The fraction of sp³-hybridized carbons (Fsp3) is 0.533. The minimum atomic E-state index is 0.139. The van der Waals surface area contributed by atoms with E-state index in [-0.39, 0.29) is 5.91 Å². The van der Waals surface area contributed by atoms with Gasteiger partial charge in [-0.25, -0.2) is 0 Å². The minimum Gasteiger partial charge on any atom is -0.334 e. The molecular weight excluding hydrogens is 270 g/mol. The standard InChI is InChI=1S/C15H21N3OS/c1-17(2)11-12-5-4-10-18(12)15(19)14-8-7-13(20-14)6-3-9-16/h7-8,12H,4-5,9-11,16H2,1-2H3. The lowest BCUT2D eigenvalue weighted by Gasteiger charge is -2.26. The molecule has 1 unspecified atom stereocenters. The van der Waals surface area contributed by atoms with E-state index in [0.717, 1.165) is 35.7 Å². The number of rotatable bonds is 3. The van der Waals surface area contributed by atoms with Crippen LogP contribution in [0.2, 0.25) is 0 Å². The van der Waals surface area contributed by atoms with Crippen LogP contribution in [-0.2, 0) is 0 Å². The van der Waals surface area contributed by atoms with Crippen LogP contribution < -0.4 is 5.73 Å². The summed E-state index contributed by atoms with van der Waals surface area (Å²) < 4.78 is 0. The molecule has 0 spiro atoms. The Morgan fingerprint density at radius 1 is 1.55 bits per heavy atom. The summed E-state index contributed by atoms with van der Waals surface area (Å²) in [5.41, 5.74) is 5.36. The summed E-state index contributed by atoms with van der Waals surface area (Å²) in [6, 6.07) is 4.11. The molecule has 20 heavy (non-hydrogen) atoms. The van der Waals surface area contributed by atoms with Crippen LogP contribution in [0.15, 0.2) is 12.1 Å². The van der Waals surface area contributed by atoms with E-state index in [9.17, 15) is 4.79 Å². The Morgan fingerprint density at radius 3 is 3.05 bits per heavy atom. The van der Waals surface area contributed by atoms with Gasteiger partial charge in [0.25, 0.3) is 5.91 Å². The van der Waals surface area contributed by atoms with Crippen LogP contribution in [-0.4, -0.2) is 55.5 Å². The Hall–Kier alpha value is -1.35. The van der Waals surface area contributed by atoms with Crippen LogP contribution in [0.4, 0.5) is 0 Å². The van der Waals surface area contributed by atoms with Crippen LogP contribution in [0, 0.1) is 11.8 Å². The summed E-state index contributed by atoms with van der Waals surface area (Å²) in [6.45, 7) is 2.13. The summed E-state index contributed by atoms with van der Waals surface area (Å²) in [5, 5.41) is 0. The topological polar surface area (TPSA) is 49.6 Å². The molecular formula is C15H21N3OS. The summed E-state index contributed by atoms with van der Waals surface area (Å²) in [7, 11) is 4.10. The van der Waals surface area contributed by atoms with Gasteiger partial charge < -0.3 is 15.5 Å². The third kappa shape index (κ3) is 3.60. The van der Waals surface area contributed by atoms with Gasteiger partial charge in [-0.3, -0.25) is 4.79 Å². The van der Waals surface area contributed by atoms with Crippen LogP contribution >= 0.6 is 11.3 Å². The molecule has 1 aromatic rings. The van der Waals surface area contributed by atoms with E-state index in [0.29, 0.717) is 12.6 Å². The highest BCUT2D eigenvalue weighted by Gasteiger charge is 2.30. The van der Waals surface area contributed by atoms with Gasteiger partial charge >= 0.3 is 0 Å². The molecule has 1 aromatic heterocycles. The van der Waals surface area contributed by atoms with Crippen LogP contribution in [0.3, 0.4) is 0 Å². The average Bonchev–Trinajstić information content (AvgIpc) is 3.04. The second-order valence-electron chi connectivity index (χ2n) is 5.23. The van der Waals surface area contributed by atoms with Crippen molar-refractivity contribution in [3.05, 3.63) is 21.9 Å². The summed E-state index contributed by atoms with van der Waals surface area (Å²) in [4.78, 5) is 18.4. The van der Waals surface area contributed by atoms with Gasteiger partial charge in [0.05, 0.1) is 16.3 Å². The molecule has 0 aliphatic carbocycles. The first-order valence-electron chi connectivity index (χ1n) is 6.86. The van der Waals surface area contributed by atoms with Gasteiger partial charge in [-0.05, 0) is 39.1 Å². The van der Waals surface area contributed by atoms with Crippen LogP contribution in [0.5, 0.6) is 0 Å². The maximum atomic E-state index is 12.6. The molecule has 1 atom stereocenters. The van der Waals surface area contributed by atoms with Gasteiger partial charge in [0.1, 0.15) is 0 Å². The van der Waals surface area contributed by atoms with Crippen LogP contribution in [0.25, 0.3) is 0 Å². The Bertz CT molecular complexity index is 527. The van der Waals surface area contributed by atoms with E-state index in [4.69, 9.17) is 5.73 Å². The third-order valence-electron chi connectivity index (χ3n) is 3.34. The largest absolute Gasteiger partial charge is 0.334 e. The molecule has 0 aromatic carbocycles. The monoisotopic (exact) mass is 291 g/mol. The lowest BCUT2D eigenvalue weighted by atomic mass is 10.2. The Kier molecular flexibility index (Phi) is 5.18. The van der Waals surface area contributed by atoms with E-state index in [1.54, 1.807) is 0 Å². The molecule has 4 nitrogen and oxygen atoms in total. The predicted octanol–water partition coefficient (Wildman–Crippen LogP) is 1.22. The Morgan fingerprint density at radius 2 is 2.35 bits per heavy atom. The molecule has 1 saturated heterocycles. The smallest absolute Gasteiger partial charge is 0.264 e. The molecule has 1 amide bonds. The molecule has 0 bridgehead atoms. The maximum absolute atomic E-state index is 12.6. The molecule has 2 rings (SSSR count). The van der Waals surface area contributed by atoms with Crippen molar-refractivity contribution in [1.82, 2.24) is 9.80 Å². The molecule has 0 radical (unpaired) electrons. The average molecular weight is 291 g/mol. The van der Waals surface area contributed by atoms with Gasteiger partial charge in [-0.15, -0.1) is 11.3 Å². The van der Waals surface area contributed by atoms with Crippen molar-refractivity contribution in [2.75, 3.05) is 33.7 Å². The van der Waals surface area contributed by atoms with Crippen molar-refractivity contribution >= 4 is 17.2 Å². The number of thiophene rings is 1. The first kappa shape index (κ1) is 15.0. The highest BCUT2D eigenvalue weighted by atomic mass is 32.1.